The van der Waals surface area contributed by atoms with Crippen molar-refractivity contribution in [1.82, 2.24) is 5.32 Å². The maximum Gasteiger partial charge on any atom is 0.330 e. The average Bonchev–Trinajstić information content (AvgIpc) is 2.33. The lowest BCUT2D eigenvalue weighted by Gasteiger charge is -2.34. The van der Waals surface area contributed by atoms with E-state index in [1.165, 1.54) is 0 Å². The lowest BCUT2D eigenvalue weighted by molar-refractivity contribution is -0.153. The van der Waals surface area contributed by atoms with E-state index in [4.69, 9.17) is 5.11 Å². The van der Waals surface area contributed by atoms with Crippen molar-refractivity contribution < 1.29 is 23.5 Å². The lowest BCUT2D eigenvalue weighted by Crippen LogP contribution is -2.47. The molecule has 4 nitrogen and oxygen atoms in total. The summed E-state index contributed by atoms with van der Waals surface area (Å²) in [5, 5.41) is 11.4. The molecule has 1 aliphatic carbocycles. The van der Waals surface area contributed by atoms with Crippen LogP contribution in [-0.4, -0.2) is 22.9 Å². The fourth-order valence-corrected chi connectivity index (χ4v) is 2.04. The smallest absolute Gasteiger partial charge is 0.330 e. The van der Waals surface area contributed by atoms with Crippen LogP contribution in [0.3, 0.4) is 0 Å². The van der Waals surface area contributed by atoms with Crippen molar-refractivity contribution in [3.8, 4) is 0 Å². The molecule has 1 aliphatic rings. The highest BCUT2D eigenvalue weighted by atomic mass is 19.3. The maximum atomic E-state index is 12.7. The number of nitrogens with one attached hydrogen (secondary N) is 1. The quantitative estimate of drug-likeness (QED) is 0.878. The van der Waals surface area contributed by atoms with Gasteiger partial charge in [-0.3, -0.25) is 4.79 Å². The largest absolute Gasteiger partial charge is 0.479 e. The van der Waals surface area contributed by atoms with Crippen molar-refractivity contribution in [3.05, 3.63) is 35.9 Å². The zero-order chi connectivity index (χ0) is 14.0. The Kier molecular flexibility index (Phi) is 3.50. The molecule has 0 spiro atoms. The van der Waals surface area contributed by atoms with E-state index in [-0.39, 0.29) is 0 Å². The molecule has 0 saturated heterocycles. The Labute approximate surface area is 108 Å². The molecule has 0 radical (unpaired) electrons. The van der Waals surface area contributed by atoms with Crippen LogP contribution in [0.2, 0.25) is 0 Å². The van der Waals surface area contributed by atoms with Gasteiger partial charge >= 0.3 is 5.97 Å². The second kappa shape index (κ2) is 4.95. The van der Waals surface area contributed by atoms with Gasteiger partial charge in [0.2, 0.25) is 11.8 Å². The van der Waals surface area contributed by atoms with Crippen LogP contribution in [0.4, 0.5) is 8.78 Å². The third-order valence-electron chi connectivity index (χ3n) is 3.13. The predicted molar refractivity (Wildman–Crippen MR) is 62.6 cm³/mol. The van der Waals surface area contributed by atoms with Crippen molar-refractivity contribution in [1.29, 1.82) is 0 Å². The number of hydrogen-bond acceptors (Lipinski definition) is 2. The fourth-order valence-electron chi connectivity index (χ4n) is 2.04. The van der Waals surface area contributed by atoms with Crippen LogP contribution >= 0.6 is 0 Å². The molecule has 2 rings (SSSR count). The highest BCUT2D eigenvalue weighted by Crippen LogP contribution is 2.42. The van der Waals surface area contributed by atoms with Gasteiger partial charge in [-0.1, -0.05) is 30.3 Å². The topological polar surface area (TPSA) is 66.4 Å². The first kappa shape index (κ1) is 13.5. The van der Waals surface area contributed by atoms with Crippen molar-refractivity contribution in [2.75, 3.05) is 0 Å². The second-order valence-electron chi connectivity index (χ2n) is 4.65. The standard InChI is InChI=1S/C13H13F2NO3/c14-13(15)6-9(7-13)11(17)16-10(12(18)19)8-4-2-1-3-5-8/h1-5,9-10H,6-7H2,(H,16,17)(H,18,19)/t10-/m0/s1. The molecule has 1 aromatic carbocycles. The predicted octanol–water partition coefficient (Wildman–Crippen LogP) is 1.97. The number of amides is 1. The van der Waals surface area contributed by atoms with E-state index >= 15 is 0 Å². The summed E-state index contributed by atoms with van der Waals surface area (Å²) in [6.07, 6.45) is -1.03. The first-order valence-corrected chi connectivity index (χ1v) is 5.85. The number of benzene rings is 1. The van der Waals surface area contributed by atoms with Gasteiger partial charge in [0.1, 0.15) is 0 Å². The van der Waals surface area contributed by atoms with Crippen LogP contribution in [0.1, 0.15) is 24.4 Å². The summed E-state index contributed by atoms with van der Waals surface area (Å²) in [4.78, 5) is 22.8. The van der Waals surface area contributed by atoms with Crippen LogP contribution in [0.25, 0.3) is 0 Å². The lowest BCUT2D eigenvalue weighted by atomic mass is 9.80. The van der Waals surface area contributed by atoms with Crippen molar-refractivity contribution in [2.24, 2.45) is 5.92 Å². The molecule has 2 N–H and O–H groups in total. The first-order valence-electron chi connectivity index (χ1n) is 5.85. The van der Waals surface area contributed by atoms with E-state index in [0.29, 0.717) is 5.56 Å². The molecule has 0 unspecified atom stereocenters. The third-order valence-corrected chi connectivity index (χ3v) is 3.13. The van der Waals surface area contributed by atoms with E-state index in [2.05, 4.69) is 5.32 Å². The Morgan fingerprint density at radius 3 is 2.32 bits per heavy atom. The molecule has 1 fully saturated rings. The van der Waals surface area contributed by atoms with Crippen LogP contribution < -0.4 is 5.32 Å². The van der Waals surface area contributed by atoms with Gasteiger partial charge in [-0.05, 0) is 5.56 Å². The van der Waals surface area contributed by atoms with E-state index in [9.17, 15) is 18.4 Å². The van der Waals surface area contributed by atoms with E-state index in [0.717, 1.165) is 0 Å². The zero-order valence-corrected chi connectivity index (χ0v) is 9.98. The maximum absolute atomic E-state index is 12.7. The minimum atomic E-state index is -2.80. The van der Waals surface area contributed by atoms with E-state index in [1.807, 2.05) is 0 Å². The highest BCUT2D eigenvalue weighted by molar-refractivity contribution is 5.86. The summed E-state index contributed by atoms with van der Waals surface area (Å²) in [7, 11) is 0. The Hall–Kier alpha value is -1.98. The van der Waals surface area contributed by atoms with Crippen molar-refractivity contribution in [2.45, 2.75) is 24.8 Å². The van der Waals surface area contributed by atoms with Crippen LogP contribution in [-0.2, 0) is 9.59 Å². The number of carbonyl (C=O) groups is 2. The summed E-state index contributed by atoms with van der Waals surface area (Å²) >= 11 is 0. The Morgan fingerprint density at radius 1 is 1.26 bits per heavy atom. The van der Waals surface area contributed by atoms with E-state index in [1.54, 1.807) is 30.3 Å². The van der Waals surface area contributed by atoms with Crippen molar-refractivity contribution in [3.63, 3.8) is 0 Å². The van der Waals surface area contributed by atoms with Gasteiger partial charge in [-0.2, -0.15) is 0 Å². The summed E-state index contributed by atoms with van der Waals surface area (Å²) in [6, 6.07) is 6.94. The number of halogens is 2. The molecule has 6 heteroatoms. The molecule has 0 bridgehead atoms. The number of rotatable bonds is 4. The van der Waals surface area contributed by atoms with Gasteiger partial charge in [0.25, 0.3) is 0 Å². The number of carboxylic acids is 1. The molecule has 1 saturated carbocycles. The van der Waals surface area contributed by atoms with Gasteiger partial charge in [-0.25, -0.2) is 13.6 Å². The minimum absolute atomic E-state index is 0.412. The van der Waals surface area contributed by atoms with Crippen molar-refractivity contribution >= 4 is 11.9 Å². The molecule has 102 valence electrons. The average molecular weight is 269 g/mol. The van der Waals surface area contributed by atoms with Gasteiger partial charge in [0, 0.05) is 18.8 Å². The molecule has 1 amide bonds. The SMILES string of the molecule is O=C(N[C@H](C(=O)O)c1ccccc1)C1CC(F)(F)C1. The molecular weight excluding hydrogens is 256 g/mol. The summed E-state index contributed by atoms with van der Waals surface area (Å²) < 4.78 is 25.3. The Bertz CT molecular complexity index is 482. The summed E-state index contributed by atoms with van der Waals surface area (Å²) in [5.74, 6) is -5.46. The van der Waals surface area contributed by atoms with E-state index < -0.39 is 42.6 Å². The minimum Gasteiger partial charge on any atom is -0.479 e. The van der Waals surface area contributed by atoms with Crippen LogP contribution in [0, 0.1) is 5.92 Å². The van der Waals surface area contributed by atoms with Gasteiger partial charge in [-0.15, -0.1) is 0 Å². The molecule has 0 aromatic heterocycles. The molecule has 1 aromatic rings. The number of carbonyl (C=O) groups excluding carboxylic acids is 1. The van der Waals surface area contributed by atoms with Gasteiger partial charge < -0.3 is 10.4 Å². The monoisotopic (exact) mass is 269 g/mol. The summed E-state index contributed by atoms with van der Waals surface area (Å²) in [6.45, 7) is 0. The third kappa shape index (κ3) is 3.07. The molecule has 19 heavy (non-hydrogen) atoms. The number of hydrogen-bond donors (Lipinski definition) is 2. The number of carboxylic acid groups (broad SMARTS) is 1. The molecule has 0 heterocycles. The van der Waals surface area contributed by atoms with Gasteiger partial charge in [0.15, 0.2) is 6.04 Å². The number of aliphatic carboxylic acids is 1. The molecule has 0 aliphatic heterocycles. The Balaban J connectivity index is 2.03. The molecule has 1 atom stereocenters. The summed E-state index contributed by atoms with van der Waals surface area (Å²) in [5.41, 5.74) is 0.412. The molecular formula is C13H13F2NO3. The zero-order valence-electron chi connectivity index (χ0n) is 9.98. The first-order chi connectivity index (χ1) is 8.89. The highest BCUT2D eigenvalue weighted by Gasteiger charge is 2.49. The van der Waals surface area contributed by atoms with Gasteiger partial charge in [0.05, 0.1) is 0 Å². The normalized spacial score (nSPS) is 19.3. The Morgan fingerprint density at radius 2 is 1.84 bits per heavy atom. The number of alkyl halides is 2. The second-order valence-corrected chi connectivity index (χ2v) is 4.65. The van der Waals surface area contributed by atoms with Crippen LogP contribution in [0.5, 0.6) is 0 Å². The van der Waals surface area contributed by atoms with Crippen LogP contribution in [0.15, 0.2) is 30.3 Å². The fraction of sp³-hybridized carbons (Fsp3) is 0.385.